The van der Waals surface area contributed by atoms with Gasteiger partial charge in [0, 0.05) is 25.5 Å². The maximum Gasteiger partial charge on any atom is 0.255 e. The van der Waals surface area contributed by atoms with E-state index in [1.165, 1.54) is 5.56 Å². The molecule has 1 N–H and O–H groups in total. The van der Waals surface area contributed by atoms with Crippen LogP contribution in [0.4, 0.5) is 0 Å². The van der Waals surface area contributed by atoms with Gasteiger partial charge in [0.15, 0.2) is 0 Å². The highest BCUT2D eigenvalue weighted by Crippen LogP contribution is 2.22. The largest absolute Gasteiger partial charge is 0.388 e. The van der Waals surface area contributed by atoms with Crippen molar-refractivity contribution in [1.82, 2.24) is 5.32 Å². The quantitative estimate of drug-likeness (QED) is 0.823. The summed E-state index contributed by atoms with van der Waals surface area (Å²) >= 11 is 0. The van der Waals surface area contributed by atoms with Gasteiger partial charge in [-0.1, -0.05) is 52.1 Å². The molecule has 1 rings (SSSR count). The van der Waals surface area contributed by atoms with E-state index in [1.807, 2.05) is 31.2 Å². The molecule has 3 heteroatoms. The fourth-order valence-corrected chi connectivity index (χ4v) is 1.74. The minimum atomic E-state index is -0.137. The number of carbonyl (C=O) groups is 1. The fraction of sp³-hybridized carbons (Fsp3) is 0.350. The zero-order chi connectivity index (χ0) is 18.0. The predicted molar refractivity (Wildman–Crippen MR) is 98.6 cm³/mol. The van der Waals surface area contributed by atoms with E-state index in [4.69, 9.17) is 0 Å². The van der Waals surface area contributed by atoms with Gasteiger partial charge in [-0.15, -0.1) is 0 Å². The number of amides is 1. The van der Waals surface area contributed by atoms with Crippen LogP contribution in [0.15, 0.2) is 60.8 Å². The van der Waals surface area contributed by atoms with Crippen LogP contribution >= 0.6 is 0 Å². The lowest BCUT2D eigenvalue weighted by atomic mass is 9.87. The summed E-state index contributed by atoms with van der Waals surface area (Å²) in [5.74, 6) is -0.137. The van der Waals surface area contributed by atoms with Gasteiger partial charge in [-0.05, 0) is 41.7 Å². The van der Waals surface area contributed by atoms with Gasteiger partial charge < -0.3 is 10.1 Å². The van der Waals surface area contributed by atoms with Crippen LogP contribution in [0.1, 0.15) is 43.6 Å². The first-order valence-corrected chi connectivity index (χ1v) is 7.49. The van der Waals surface area contributed by atoms with Crippen LogP contribution in [-0.4, -0.2) is 20.1 Å². The third-order valence-electron chi connectivity index (χ3n) is 3.20. The first kappa shape index (κ1) is 20.9. The van der Waals surface area contributed by atoms with Crippen molar-refractivity contribution in [3.8, 4) is 0 Å². The summed E-state index contributed by atoms with van der Waals surface area (Å²) < 4.78 is 4.25. The average Bonchev–Trinajstić information content (AvgIpc) is 2.51. The Morgan fingerprint density at radius 2 is 1.57 bits per heavy atom. The SMILES string of the molecule is C=C/C(C)=C(\C=C)NC(=O)c1ccc(C(C)(C)C)cc1.COC. The van der Waals surface area contributed by atoms with E-state index in [9.17, 15) is 4.79 Å². The van der Waals surface area contributed by atoms with Crippen molar-refractivity contribution in [2.75, 3.05) is 14.2 Å². The van der Waals surface area contributed by atoms with Crippen LogP contribution in [-0.2, 0) is 10.2 Å². The Balaban J connectivity index is 0.00000149. The number of hydrogen-bond donors (Lipinski definition) is 1. The number of methoxy groups -OCH3 is 1. The van der Waals surface area contributed by atoms with Crippen LogP contribution in [0.25, 0.3) is 0 Å². The molecule has 0 aliphatic heterocycles. The van der Waals surface area contributed by atoms with Crippen molar-refractivity contribution in [2.45, 2.75) is 33.1 Å². The number of ether oxygens (including phenoxy) is 1. The zero-order valence-electron chi connectivity index (χ0n) is 15.2. The Morgan fingerprint density at radius 1 is 1.09 bits per heavy atom. The van der Waals surface area contributed by atoms with Gasteiger partial charge in [0.1, 0.15) is 0 Å². The number of rotatable bonds is 4. The van der Waals surface area contributed by atoms with Gasteiger partial charge in [-0.2, -0.15) is 0 Å². The molecule has 0 spiro atoms. The van der Waals surface area contributed by atoms with Crippen molar-refractivity contribution >= 4 is 5.91 Å². The van der Waals surface area contributed by atoms with Crippen molar-refractivity contribution in [1.29, 1.82) is 0 Å². The fourth-order valence-electron chi connectivity index (χ4n) is 1.74. The minimum absolute atomic E-state index is 0.0839. The summed E-state index contributed by atoms with van der Waals surface area (Å²) in [5.41, 5.74) is 3.50. The van der Waals surface area contributed by atoms with Gasteiger partial charge in [0.2, 0.25) is 0 Å². The van der Waals surface area contributed by atoms with E-state index in [0.717, 1.165) is 5.57 Å². The maximum atomic E-state index is 12.2. The second-order valence-corrected chi connectivity index (χ2v) is 6.19. The van der Waals surface area contributed by atoms with E-state index in [1.54, 1.807) is 26.4 Å². The Hall–Kier alpha value is -2.13. The van der Waals surface area contributed by atoms with E-state index in [-0.39, 0.29) is 11.3 Å². The van der Waals surface area contributed by atoms with Gasteiger partial charge in [0.05, 0.1) is 0 Å². The van der Waals surface area contributed by atoms with Gasteiger partial charge in [0.25, 0.3) is 5.91 Å². The summed E-state index contributed by atoms with van der Waals surface area (Å²) in [6.07, 6.45) is 3.32. The van der Waals surface area contributed by atoms with Crippen LogP contribution in [0.5, 0.6) is 0 Å². The molecule has 0 atom stereocenters. The third kappa shape index (κ3) is 7.11. The molecule has 0 aromatic heterocycles. The highest BCUT2D eigenvalue weighted by molar-refractivity contribution is 5.95. The first-order chi connectivity index (χ1) is 10.7. The molecule has 0 heterocycles. The highest BCUT2D eigenvalue weighted by atomic mass is 16.4. The number of hydrogen-bond acceptors (Lipinski definition) is 2. The standard InChI is InChI=1S/C18H23NO.C2H6O/c1-7-13(3)16(8-2)19-17(20)14-9-11-15(12-10-14)18(4,5)6;1-3-2/h7-12H,1-2H2,3-6H3,(H,19,20);1-2H3/b16-13+;. The second-order valence-electron chi connectivity index (χ2n) is 6.19. The van der Waals surface area contributed by atoms with Crippen molar-refractivity contribution in [3.63, 3.8) is 0 Å². The van der Waals surface area contributed by atoms with Gasteiger partial charge in [-0.25, -0.2) is 0 Å². The van der Waals surface area contributed by atoms with Crippen LogP contribution < -0.4 is 5.32 Å². The molecule has 126 valence electrons. The first-order valence-electron chi connectivity index (χ1n) is 7.49. The van der Waals surface area contributed by atoms with Crippen LogP contribution in [0.3, 0.4) is 0 Å². The second kappa shape index (κ2) is 9.80. The van der Waals surface area contributed by atoms with Crippen molar-refractivity contribution < 1.29 is 9.53 Å². The molecule has 23 heavy (non-hydrogen) atoms. The Morgan fingerprint density at radius 3 is 1.91 bits per heavy atom. The molecule has 3 nitrogen and oxygen atoms in total. The van der Waals surface area contributed by atoms with Gasteiger partial charge in [-0.3, -0.25) is 4.79 Å². The van der Waals surface area contributed by atoms with Crippen molar-refractivity contribution in [3.05, 3.63) is 72.0 Å². The molecule has 0 fully saturated rings. The summed E-state index contributed by atoms with van der Waals surface area (Å²) in [7, 11) is 3.25. The van der Waals surface area contributed by atoms with Crippen LogP contribution in [0, 0.1) is 0 Å². The summed E-state index contributed by atoms with van der Waals surface area (Å²) in [6, 6.07) is 7.68. The molecule has 0 saturated carbocycles. The highest BCUT2D eigenvalue weighted by Gasteiger charge is 2.14. The Kier molecular flexibility index (Phi) is 8.89. The van der Waals surface area contributed by atoms with E-state index < -0.39 is 0 Å². The van der Waals surface area contributed by atoms with Crippen molar-refractivity contribution in [2.24, 2.45) is 0 Å². The predicted octanol–water partition coefficient (Wildman–Crippen LogP) is 4.62. The van der Waals surface area contributed by atoms with E-state index >= 15 is 0 Å². The molecule has 1 aromatic rings. The van der Waals surface area contributed by atoms with Crippen LogP contribution in [0.2, 0.25) is 0 Å². The smallest absolute Gasteiger partial charge is 0.255 e. The monoisotopic (exact) mass is 315 g/mol. The summed E-state index contributed by atoms with van der Waals surface area (Å²) in [6.45, 7) is 15.7. The molecule has 0 aliphatic rings. The lowest BCUT2D eigenvalue weighted by Gasteiger charge is -2.19. The average molecular weight is 315 g/mol. The molecule has 0 unspecified atom stereocenters. The minimum Gasteiger partial charge on any atom is -0.388 e. The Labute approximate surface area is 140 Å². The molecule has 0 aliphatic carbocycles. The Bertz CT molecular complexity index is 560. The molecular weight excluding hydrogens is 286 g/mol. The summed E-state index contributed by atoms with van der Waals surface area (Å²) in [5, 5.41) is 2.84. The zero-order valence-corrected chi connectivity index (χ0v) is 15.2. The number of benzene rings is 1. The van der Waals surface area contributed by atoms with E-state index in [2.05, 4.69) is 44.0 Å². The topological polar surface area (TPSA) is 38.3 Å². The summed E-state index contributed by atoms with van der Waals surface area (Å²) in [4.78, 5) is 12.2. The number of nitrogens with one attached hydrogen (secondary N) is 1. The normalized spacial score (nSPS) is 11.6. The maximum absolute atomic E-state index is 12.2. The lowest BCUT2D eigenvalue weighted by molar-refractivity contribution is 0.0967. The molecule has 1 amide bonds. The molecular formula is C20H29NO2. The number of carbonyl (C=O) groups excluding carboxylic acids is 1. The lowest BCUT2D eigenvalue weighted by Crippen LogP contribution is -2.23. The van der Waals surface area contributed by atoms with Gasteiger partial charge >= 0.3 is 0 Å². The third-order valence-corrected chi connectivity index (χ3v) is 3.20. The van der Waals surface area contributed by atoms with E-state index in [0.29, 0.717) is 11.3 Å². The molecule has 0 bridgehead atoms. The number of allylic oxidation sites excluding steroid dienone is 3. The molecule has 0 radical (unpaired) electrons. The molecule has 0 saturated heterocycles. The molecule has 1 aromatic carbocycles.